The molecule has 0 aliphatic rings. The minimum Gasteiger partial charge on any atom is -0.421 e. The van der Waals surface area contributed by atoms with Crippen LogP contribution < -0.4 is 10.1 Å². The summed E-state index contributed by atoms with van der Waals surface area (Å²) in [5.74, 6) is -0.957. The molecule has 0 spiro atoms. The number of para-hydroxylation sites is 1. The maximum absolute atomic E-state index is 13.5. The predicted molar refractivity (Wildman–Crippen MR) is 92.9 cm³/mol. The van der Waals surface area contributed by atoms with Crippen LogP contribution in [0.1, 0.15) is 10.4 Å². The largest absolute Gasteiger partial charge is 0.421 e. The number of carbonyl (C=O) groups is 1. The Hall–Kier alpha value is -2.70. The van der Waals surface area contributed by atoms with Gasteiger partial charge >= 0.3 is 6.01 Å². The Morgan fingerprint density at radius 1 is 1.08 bits per heavy atom. The SMILES string of the molecule is O=C(Nc1cnc(Oc2ccccc2F)nc1)c1ccc(Cl)cc1Cl. The van der Waals surface area contributed by atoms with Gasteiger partial charge in [0.25, 0.3) is 5.91 Å². The van der Waals surface area contributed by atoms with Gasteiger partial charge in [0.15, 0.2) is 11.6 Å². The molecule has 0 aliphatic heterocycles. The first-order chi connectivity index (χ1) is 12.0. The fraction of sp³-hybridized carbons (Fsp3) is 0. The highest BCUT2D eigenvalue weighted by Crippen LogP contribution is 2.23. The van der Waals surface area contributed by atoms with Gasteiger partial charge in [-0.3, -0.25) is 4.79 Å². The molecular formula is C17H10Cl2FN3O2. The summed E-state index contributed by atoms with van der Waals surface area (Å²) in [7, 11) is 0. The van der Waals surface area contributed by atoms with E-state index in [1.54, 1.807) is 18.2 Å². The van der Waals surface area contributed by atoms with Crippen LogP contribution in [-0.4, -0.2) is 15.9 Å². The van der Waals surface area contributed by atoms with Crippen molar-refractivity contribution in [2.45, 2.75) is 0 Å². The van der Waals surface area contributed by atoms with Gasteiger partial charge in [0, 0.05) is 5.02 Å². The van der Waals surface area contributed by atoms with Crippen molar-refractivity contribution < 1.29 is 13.9 Å². The van der Waals surface area contributed by atoms with Gasteiger partial charge in [-0.2, -0.15) is 0 Å². The summed E-state index contributed by atoms with van der Waals surface area (Å²) in [5, 5.41) is 3.26. The Morgan fingerprint density at radius 2 is 1.80 bits per heavy atom. The molecule has 1 aromatic heterocycles. The molecule has 0 saturated heterocycles. The van der Waals surface area contributed by atoms with Crippen molar-refractivity contribution in [2.75, 3.05) is 5.32 Å². The monoisotopic (exact) mass is 377 g/mol. The van der Waals surface area contributed by atoms with Gasteiger partial charge in [0.2, 0.25) is 0 Å². The van der Waals surface area contributed by atoms with Crippen LogP contribution in [0.3, 0.4) is 0 Å². The average molecular weight is 378 g/mol. The molecule has 0 bridgehead atoms. The highest BCUT2D eigenvalue weighted by Gasteiger charge is 2.12. The van der Waals surface area contributed by atoms with Crippen LogP contribution >= 0.6 is 23.2 Å². The Labute approximate surface area is 152 Å². The third-order valence-electron chi connectivity index (χ3n) is 3.10. The van der Waals surface area contributed by atoms with E-state index < -0.39 is 11.7 Å². The summed E-state index contributed by atoms with van der Waals surface area (Å²) in [4.78, 5) is 20.1. The molecular weight excluding hydrogens is 368 g/mol. The molecule has 1 heterocycles. The quantitative estimate of drug-likeness (QED) is 0.697. The van der Waals surface area contributed by atoms with E-state index in [1.807, 2.05) is 0 Å². The zero-order valence-corrected chi connectivity index (χ0v) is 14.1. The van der Waals surface area contributed by atoms with Crippen molar-refractivity contribution in [3.63, 3.8) is 0 Å². The lowest BCUT2D eigenvalue weighted by Crippen LogP contribution is -2.13. The van der Waals surface area contributed by atoms with E-state index >= 15 is 0 Å². The zero-order chi connectivity index (χ0) is 17.8. The molecule has 126 valence electrons. The average Bonchev–Trinajstić information content (AvgIpc) is 2.58. The molecule has 3 rings (SSSR count). The number of hydrogen-bond donors (Lipinski definition) is 1. The summed E-state index contributed by atoms with van der Waals surface area (Å²) in [6.45, 7) is 0. The normalized spacial score (nSPS) is 10.4. The number of nitrogens with zero attached hydrogens (tertiary/aromatic N) is 2. The van der Waals surface area contributed by atoms with Crippen LogP contribution in [0.25, 0.3) is 0 Å². The van der Waals surface area contributed by atoms with E-state index in [9.17, 15) is 9.18 Å². The second kappa shape index (κ2) is 7.46. The highest BCUT2D eigenvalue weighted by molar-refractivity contribution is 6.37. The number of rotatable bonds is 4. The molecule has 0 aliphatic carbocycles. The summed E-state index contributed by atoms with van der Waals surface area (Å²) in [6, 6.07) is 10.4. The van der Waals surface area contributed by atoms with Gasteiger partial charge in [-0.05, 0) is 30.3 Å². The van der Waals surface area contributed by atoms with E-state index in [0.717, 1.165) is 0 Å². The second-order valence-electron chi connectivity index (χ2n) is 4.87. The second-order valence-corrected chi connectivity index (χ2v) is 5.71. The molecule has 25 heavy (non-hydrogen) atoms. The van der Waals surface area contributed by atoms with E-state index in [0.29, 0.717) is 10.7 Å². The van der Waals surface area contributed by atoms with Gasteiger partial charge < -0.3 is 10.1 Å². The molecule has 5 nitrogen and oxygen atoms in total. The van der Waals surface area contributed by atoms with Gasteiger partial charge in [0.05, 0.1) is 28.7 Å². The number of aromatic nitrogens is 2. The molecule has 1 amide bonds. The third kappa shape index (κ3) is 4.23. The first-order valence-electron chi connectivity index (χ1n) is 7.04. The van der Waals surface area contributed by atoms with Crippen molar-refractivity contribution in [3.8, 4) is 11.8 Å². The van der Waals surface area contributed by atoms with Gasteiger partial charge in [-0.1, -0.05) is 35.3 Å². The Kier molecular flexibility index (Phi) is 5.11. The molecule has 0 atom stereocenters. The van der Waals surface area contributed by atoms with Gasteiger partial charge in [-0.15, -0.1) is 0 Å². The lowest BCUT2D eigenvalue weighted by atomic mass is 10.2. The predicted octanol–water partition coefficient (Wildman–Crippen LogP) is 4.97. The maximum atomic E-state index is 13.5. The molecule has 8 heteroatoms. The molecule has 0 saturated carbocycles. The van der Waals surface area contributed by atoms with Crippen molar-refractivity contribution >= 4 is 34.8 Å². The first-order valence-corrected chi connectivity index (χ1v) is 7.79. The highest BCUT2D eigenvalue weighted by atomic mass is 35.5. The minimum absolute atomic E-state index is 0.00670. The number of nitrogens with one attached hydrogen (secondary N) is 1. The zero-order valence-electron chi connectivity index (χ0n) is 12.5. The van der Waals surface area contributed by atoms with Crippen LogP contribution in [-0.2, 0) is 0 Å². The molecule has 0 unspecified atom stereocenters. The van der Waals surface area contributed by atoms with E-state index in [2.05, 4.69) is 15.3 Å². The Balaban J connectivity index is 1.70. The number of benzene rings is 2. The van der Waals surface area contributed by atoms with E-state index in [4.69, 9.17) is 27.9 Å². The fourth-order valence-corrected chi connectivity index (χ4v) is 2.43. The number of ether oxygens (including phenoxy) is 1. The summed E-state index contributed by atoms with van der Waals surface area (Å²) in [6.07, 6.45) is 2.68. The molecule has 0 fully saturated rings. The fourth-order valence-electron chi connectivity index (χ4n) is 1.93. The minimum atomic E-state index is -0.527. The van der Waals surface area contributed by atoms with Crippen LogP contribution in [0.2, 0.25) is 10.0 Å². The number of anilines is 1. The summed E-state index contributed by atoms with van der Waals surface area (Å²) >= 11 is 11.8. The van der Waals surface area contributed by atoms with Crippen molar-refractivity contribution in [1.82, 2.24) is 9.97 Å². The van der Waals surface area contributed by atoms with Crippen molar-refractivity contribution in [2.24, 2.45) is 0 Å². The Morgan fingerprint density at radius 3 is 2.48 bits per heavy atom. The van der Waals surface area contributed by atoms with Crippen LogP contribution in [0.5, 0.6) is 11.8 Å². The van der Waals surface area contributed by atoms with Crippen molar-refractivity contribution in [3.05, 3.63) is 76.3 Å². The Bertz CT molecular complexity index is 920. The molecule has 0 radical (unpaired) electrons. The van der Waals surface area contributed by atoms with Crippen LogP contribution in [0.15, 0.2) is 54.9 Å². The van der Waals surface area contributed by atoms with Gasteiger partial charge in [-0.25, -0.2) is 14.4 Å². The van der Waals surface area contributed by atoms with Gasteiger partial charge in [0.1, 0.15) is 0 Å². The smallest absolute Gasteiger partial charge is 0.322 e. The number of halogens is 3. The van der Waals surface area contributed by atoms with E-state index in [-0.39, 0.29) is 22.3 Å². The molecule has 2 aromatic carbocycles. The van der Waals surface area contributed by atoms with Crippen LogP contribution in [0, 0.1) is 5.82 Å². The molecule has 1 N–H and O–H groups in total. The van der Waals surface area contributed by atoms with E-state index in [1.165, 1.54) is 36.7 Å². The summed E-state index contributed by atoms with van der Waals surface area (Å²) in [5.41, 5.74) is 0.592. The lowest BCUT2D eigenvalue weighted by molar-refractivity contribution is 0.102. The number of carbonyl (C=O) groups excluding carboxylic acids is 1. The summed E-state index contributed by atoms with van der Waals surface area (Å²) < 4.78 is 18.8. The first kappa shape index (κ1) is 17.1. The number of hydrogen-bond acceptors (Lipinski definition) is 4. The van der Waals surface area contributed by atoms with Crippen LogP contribution in [0.4, 0.5) is 10.1 Å². The number of amides is 1. The maximum Gasteiger partial charge on any atom is 0.322 e. The lowest BCUT2D eigenvalue weighted by Gasteiger charge is -2.08. The standard InChI is InChI=1S/C17H10Cl2FN3O2/c18-10-5-6-12(13(19)7-10)16(24)23-11-8-21-17(22-9-11)25-15-4-2-1-3-14(15)20/h1-9H,(H,23,24). The molecule has 3 aromatic rings. The topological polar surface area (TPSA) is 64.1 Å². The third-order valence-corrected chi connectivity index (χ3v) is 3.65. The van der Waals surface area contributed by atoms with Crippen molar-refractivity contribution in [1.29, 1.82) is 0 Å².